The number of hydrogen-bond acceptors (Lipinski definition) is 5. The van der Waals surface area contributed by atoms with Crippen LogP contribution in [0, 0.1) is 0 Å². The molecule has 21 heavy (non-hydrogen) atoms. The van der Waals surface area contributed by atoms with Crippen molar-refractivity contribution < 1.29 is 9.47 Å². The Kier molecular flexibility index (Phi) is 5.61. The van der Waals surface area contributed by atoms with E-state index in [0.717, 1.165) is 0 Å². The molecule has 112 valence electrons. The Labute approximate surface area is 133 Å². The molecule has 1 aromatic heterocycles. The number of ether oxygens (including phenoxy) is 2. The minimum atomic E-state index is 0.318. The molecule has 0 unspecified atom stereocenters. The van der Waals surface area contributed by atoms with Gasteiger partial charge in [-0.1, -0.05) is 23.2 Å². The standard InChI is InChI=1S/C14H15Cl2N3O2/c1-3-20-8-13-18-12(17-2)7-14(19-13)21-11-5-9(15)4-10(16)6-11/h4-7H,3,8H2,1-2H3,(H,17,18,19). The smallest absolute Gasteiger partial charge is 0.224 e. The number of halogens is 2. The zero-order valence-corrected chi connectivity index (χ0v) is 13.2. The molecule has 0 aliphatic rings. The van der Waals surface area contributed by atoms with E-state index >= 15 is 0 Å². The van der Waals surface area contributed by atoms with Gasteiger partial charge in [0, 0.05) is 29.8 Å². The summed E-state index contributed by atoms with van der Waals surface area (Å²) in [6.45, 7) is 2.82. The van der Waals surface area contributed by atoms with Crippen molar-refractivity contribution in [1.29, 1.82) is 0 Å². The highest BCUT2D eigenvalue weighted by Crippen LogP contribution is 2.28. The Morgan fingerprint density at radius 2 is 1.81 bits per heavy atom. The highest BCUT2D eigenvalue weighted by molar-refractivity contribution is 6.34. The van der Waals surface area contributed by atoms with Crippen LogP contribution in [0.3, 0.4) is 0 Å². The van der Waals surface area contributed by atoms with E-state index in [0.29, 0.717) is 46.5 Å². The summed E-state index contributed by atoms with van der Waals surface area (Å²) in [4.78, 5) is 8.58. The minimum Gasteiger partial charge on any atom is -0.439 e. The maximum absolute atomic E-state index is 5.95. The molecule has 1 aromatic carbocycles. The third-order valence-electron chi connectivity index (χ3n) is 2.50. The van der Waals surface area contributed by atoms with E-state index in [1.54, 1.807) is 31.3 Å². The summed E-state index contributed by atoms with van der Waals surface area (Å²) in [6, 6.07) is 6.65. The van der Waals surface area contributed by atoms with Gasteiger partial charge in [-0.3, -0.25) is 0 Å². The van der Waals surface area contributed by atoms with E-state index in [9.17, 15) is 0 Å². The van der Waals surface area contributed by atoms with Crippen molar-refractivity contribution in [3.8, 4) is 11.6 Å². The van der Waals surface area contributed by atoms with Crippen LogP contribution in [-0.2, 0) is 11.3 Å². The molecule has 0 saturated heterocycles. The van der Waals surface area contributed by atoms with Gasteiger partial charge in [-0.05, 0) is 25.1 Å². The van der Waals surface area contributed by atoms with Crippen LogP contribution in [0.4, 0.5) is 5.82 Å². The van der Waals surface area contributed by atoms with Gasteiger partial charge in [0.25, 0.3) is 0 Å². The molecule has 1 N–H and O–H groups in total. The summed E-state index contributed by atoms with van der Waals surface area (Å²) in [5.74, 6) is 2.08. The summed E-state index contributed by atoms with van der Waals surface area (Å²) in [5.41, 5.74) is 0. The average molecular weight is 328 g/mol. The first-order chi connectivity index (χ1) is 10.1. The topological polar surface area (TPSA) is 56.3 Å². The molecule has 0 fully saturated rings. The fourth-order valence-electron chi connectivity index (χ4n) is 1.62. The number of hydrogen-bond donors (Lipinski definition) is 1. The molecule has 5 nitrogen and oxygen atoms in total. The van der Waals surface area contributed by atoms with E-state index in [1.807, 2.05) is 6.92 Å². The van der Waals surface area contributed by atoms with Gasteiger partial charge in [-0.2, -0.15) is 4.98 Å². The van der Waals surface area contributed by atoms with Crippen LogP contribution < -0.4 is 10.1 Å². The zero-order chi connectivity index (χ0) is 15.2. The lowest BCUT2D eigenvalue weighted by Gasteiger charge is -2.09. The molecule has 7 heteroatoms. The predicted octanol–water partition coefficient (Wildman–Crippen LogP) is 4.15. The first-order valence-corrected chi connectivity index (χ1v) is 7.13. The van der Waals surface area contributed by atoms with Crippen molar-refractivity contribution in [2.24, 2.45) is 0 Å². The number of aromatic nitrogens is 2. The van der Waals surface area contributed by atoms with Crippen LogP contribution >= 0.6 is 23.2 Å². The van der Waals surface area contributed by atoms with Crippen LogP contribution in [-0.4, -0.2) is 23.6 Å². The van der Waals surface area contributed by atoms with Crippen molar-refractivity contribution in [3.05, 3.63) is 40.1 Å². The molecule has 0 aliphatic heterocycles. The Morgan fingerprint density at radius 1 is 1.10 bits per heavy atom. The maximum atomic E-state index is 5.95. The molecular weight excluding hydrogens is 313 g/mol. The average Bonchev–Trinajstić information content (AvgIpc) is 2.43. The quantitative estimate of drug-likeness (QED) is 0.863. The minimum absolute atomic E-state index is 0.318. The normalized spacial score (nSPS) is 10.5. The predicted molar refractivity (Wildman–Crippen MR) is 83.4 cm³/mol. The summed E-state index contributed by atoms with van der Waals surface area (Å²) < 4.78 is 11.0. The monoisotopic (exact) mass is 327 g/mol. The molecule has 2 rings (SSSR count). The number of anilines is 1. The molecule has 2 aromatic rings. The van der Waals surface area contributed by atoms with Gasteiger partial charge in [0.05, 0.1) is 0 Å². The van der Waals surface area contributed by atoms with Gasteiger partial charge in [0.2, 0.25) is 5.88 Å². The van der Waals surface area contributed by atoms with Gasteiger partial charge < -0.3 is 14.8 Å². The van der Waals surface area contributed by atoms with Gasteiger partial charge in [0.15, 0.2) is 5.82 Å². The van der Waals surface area contributed by atoms with Crippen molar-refractivity contribution >= 4 is 29.0 Å². The fraction of sp³-hybridized carbons (Fsp3) is 0.286. The van der Waals surface area contributed by atoms with Gasteiger partial charge in [-0.25, -0.2) is 4.98 Å². The molecule has 1 heterocycles. The highest BCUT2D eigenvalue weighted by Gasteiger charge is 2.07. The van der Waals surface area contributed by atoms with Crippen molar-refractivity contribution in [3.63, 3.8) is 0 Å². The lowest BCUT2D eigenvalue weighted by Crippen LogP contribution is -2.04. The highest BCUT2D eigenvalue weighted by atomic mass is 35.5. The van der Waals surface area contributed by atoms with Gasteiger partial charge in [0.1, 0.15) is 18.2 Å². The Hall–Kier alpha value is -1.56. The van der Waals surface area contributed by atoms with Crippen LogP contribution in [0.5, 0.6) is 11.6 Å². The van der Waals surface area contributed by atoms with E-state index in [-0.39, 0.29) is 0 Å². The molecule has 0 spiro atoms. The molecule has 0 atom stereocenters. The Bertz CT molecular complexity index is 603. The molecule has 0 aliphatic carbocycles. The number of rotatable bonds is 6. The van der Waals surface area contributed by atoms with E-state index in [4.69, 9.17) is 32.7 Å². The lowest BCUT2D eigenvalue weighted by atomic mass is 10.3. The molecular formula is C14H15Cl2N3O2. The first-order valence-electron chi connectivity index (χ1n) is 6.38. The summed E-state index contributed by atoms with van der Waals surface area (Å²) in [5, 5.41) is 3.94. The van der Waals surface area contributed by atoms with Crippen LogP contribution in [0.2, 0.25) is 10.0 Å². The number of nitrogens with zero attached hydrogens (tertiary/aromatic N) is 2. The van der Waals surface area contributed by atoms with E-state index in [1.165, 1.54) is 0 Å². The van der Waals surface area contributed by atoms with Crippen molar-refractivity contribution in [1.82, 2.24) is 9.97 Å². The Morgan fingerprint density at radius 3 is 2.43 bits per heavy atom. The van der Waals surface area contributed by atoms with Crippen LogP contribution in [0.15, 0.2) is 24.3 Å². The summed E-state index contributed by atoms with van der Waals surface area (Å²) >= 11 is 11.9. The second-order valence-electron chi connectivity index (χ2n) is 4.10. The summed E-state index contributed by atoms with van der Waals surface area (Å²) in [6.07, 6.45) is 0. The van der Waals surface area contributed by atoms with Gasteiger partial charge in [-0.15, -0.1) is 0 Å². The number of benzene rings is 1. The van der Waals surface area contributed by atoms with Crippen LogP contribution in [0.1, 0.15) is 12.7 Å². The third kappa shape index (κ3) is 4.74. The van der Waals surface area contributed by atoms with Crippen LogP contribution in [0.25, 0.3) is 0 Å². The SMILES string of the molecule is CCOCc1nc(NC)cc(Oc2cc(Cl)cc(Cl)c2)n1. The molecule has 0 radical (unpaired) electrons. The second-order valence-corrected chi connectivity index (χ2v) is 4.97. The molecule has 0 saturated carbocycles. The lowest BCUT2D eigenvalue weighted by molar-refractivity contribution is 0.128. The van der Waals surface area contributed by atoms with Crippen molar-refractivity contribution in [2.45, 2.75) is 13.5 Å². The summed E-state index contributed by atoms with van der Waals surface area (Å²) in [7, 11) is 1.77. The fourth-order valence-corrected chi connectivity index (χ4v) is 2.13. The van der Waals surface area contributed by atoms with E-state index in [2.05, 4.69) is 15.3 Å². The number of nitrogens with one attached hydrogen (secondary N) is 1. The first kappa shape index (κ1) is 15.8. The molecule has 0 amide bonds. The third-order valence-corrected chi connectivity index (χ3v) is 2.94. The maximum Gasteiger partial charge on any atom is 0.224 e. The largest absolute Gasteiger partial charge is 0.439 e. The van der Waals surface area contributed by atoms with Gasteiger partial charge >= 0.3 is 0 Å². The molecule has 0 bridgehead atoms. The van der Waals surface area contributed by atoms with E-state index < -0.39 is 0 Å². The zero-order valence-electron chi connectivity index (χ0n) is 11.7. The van der Waals surface area contributed by atoms with Crippen molar-refractivity contribution in [2.75, 3.05) is 19.0 Å². The Balaban J connectivity index is 2.25. The second kappa shape index (κ2) is 7.45.